The monoisotopic (exact) mass is 264 g/mol. The molecule has 0 aliphatic carbocycles. The minimum Gasteiger partial charge on any atom is -0.496 e. The molecule has 0 spiro atoms. The smallest absolute Gasteiger partial charge is 0.124 e. The van der Waals surface area contributed by atoms with Crippen LogP contribution >= 0.6 is 0 Å². The Morgan fingerprint density at radius 3 is 2.32 bits per heavy atom. The molecule has 106 valence electrons. The summed E-state index contributed by atoms with van der Waals surface area (Å²) in [5, 5.41) is 0. The Bertz CT molecular complexity index is 452. The molecule has 0 saturated heterocycles. The Kier molecular flexibility index (Phi) is 5.55. The lowest BCUT2D eigenvalue weighted by atomic mass is 9.88. The SMILES string of the molecule is COc1c(C)cc(C(OC)C(C)CC=O)c(C)c1C. The highest BCUT2D eigenvalue weighted by Gasteiger charge is 2.23. The van der Waals surface area contributed by atoms with Crippen LogP contribution in [0.1, 0.15) is 41.7 Å². The van der Waals surface area contributed by atoms with Gasteiger partial charge in [-0.1, -0.05) is 6.92 Å². The summed E-state index contributed by atoms with van der Waals surface area (Å²) in [6, 6.07) is 2.11. The summed E-state index contributed by atoms with van der Waals surface area (Å²) in [4.78, 5) is 10.7. The van der Waals surface area contributed by atoms with Gasteiger partial charge >= 0.3 is 0 Å². The highest BCUT2D eigenvalue weighted by Crippen LogP contribution is 2.36. The summed E-state index contributed by atoms with van der Waals surface area (Å²) in [7, 11) is 3.39. The minimum atomic E-state index is -0.0616. The normalized spacial score (nSPS) is 14.0. The van der Waals surface area contributed by atoms with Gasteiger partial charge in [0.15, 0.2) is 0 Å². The van der Waals surface area contributed by atoms with Crippen LogP contribution in [0.4, 0.5) is 0 Å². The average molecular weight is 264 g/mol. The maximum atomic E-state index is 10.7. The highest BCUT2D eigenvalue weighted by atomic mass is 16.5. The van der Waals surface area contributed by atoms with Gasteiger partial charge in [-0.05, 0) is 55.0 Å². The molecule has 0 radical (unpaired) electrons. The van der Waals surface area contributed by atoms with E-state index in [0.717, 1.165) is 28.7 Å². The number of carbonyl (C=O) groups is 1. The fourth-order valence-corrected chi connectivity index (χ4v) is 2.64. The van der Waals surface area contributed by atoms with Crippen molar-refractivity contribution in [3.63, 3.8) is 0 Å². The topological polar surface area (TPSA) is 35.5 Å². The van der Waals surface area contributed by atoms with Crippen LogP contribution in [0.15, 0.2) is 6.07 Å². The van der Waals surface area contributed by atoms with Crippen LogP contribution in [0.2, 0.25) is 0 Å². The molecule has 19 heavy (non-hydrogen) atoms. The maximum Gasteiger partial charge on any atom is 0.124 e. The van der Waals surface area contributed by atoms with Crippen molar-refractivity contribution >= 4 is 6.29 Å². The Morgan fingerprint density at radius 1 is 1.21 bits per heavy atom. The van der Waals surface area contributed by atoms with Gasteiger partial charge in [0.2, 0.25) is 0 Å². The molecule has 0 aliphatic heterocycles. The van der Waals surface area contributed by atoms with Crippen molar-refractivity contribution in [2.45, 2.75) is 40.2 Å². The number of carbonyl (C=O) groups excluding carboxylic acids is 1. The van der Waals surface area contributed by atoms with E-state index in [0.29, 0.717) is 6.42 Å². The molecule has 0 bridgehead atoms. The maximum absolute atomic E-state index is 10.7. The number of hydrogen-bond donors (Lipinski definition) is 0. The number of ether oxygens (including phenoxy) is 2. The number of aryl methyl sites for hydroxylation is 1. The molecule has 1 aromatic rings. The van der Waals surface area contributed by atoms with Crippen molar-refractivity contribution in [1.82, 2.24) is 0 Å². The van der Waals surface area contributed by atoms with Crippen LogP contribution in [0, 0.1) is 26.7 Å². The molecule has 0 aromatic heterocycles. The van der Waals surface area contributed by atoms with Crippen molar-refractivity contribution in [1.29, 1.82) is 0 Å². The van der Waals surface area contributed by atoms with E-state index in [1.54, 1.807) is 14.2 Å². The minimum absolute atomic E-state index is 0.0616. The van der Waals surface area contributed by atoms with E-state index in [2.05, 4.69) is 19.9 Å². The predicted octanol–water partition coefficient (Wildman–Crippen LogP) is 3.53. The molecule has 0 amide bonds. The fraction of sp³-hybridized carbons (Fsp3) is 0.562. The molecule has 1 aromatic carbocycles. The van der Waals surface area contributed by atoms with Crippen LogP contribution < -0.4 is 4.74 Å². The predicted molar refractivity (Wildman–Crippen MR) is 76.8 cm³/mol. The van der Waals surface area contributed by atoms with E-state index >= 15 is 0 Å². The summed E-state index contributed by atoms with van der Waals surface area (Å²) < 4.78 is 11.1. The third-order valence-corrected chi connectivity index (χ3v) is 3.82. The van der Waals surface area contributed by atoms with E-state index < -0.39 is 0 Å². The second kappa shape index (κ2) is 6.71. The molecule has 0 N–H and O–H groups in total. The zero-order valence-electron chi connectivity index (χ0n) is 12.7. The van der Waals surface area contributed by atoms with E-state index in [4.69, 9.17) is 9.47 Å². The second-order valence-corrected chi connectivity index (χ2v) is 5.10. The quantitative estimate of drug-likeness (QED) is 0.737. The first-order chi connectivity index (χ1) is 8.97. The molecule has 0 heterocycles. The Labute approximate surface area is 115 Å². The summed E-state index contributed by atoms with van der Waals surface area (Å²) in [5.41, 5.74) is 4.55. The molecule has 1 rings (SSSR count). The third-order valence-electron chi connectivity index (χ3n) is 3.82. The largest absolute Gasteiger partial charge is 0.496 e. The highest BCUT2D eigenvalue weighted by molar-refractivity contribution is 5.52. The summed E-state index contributed by atoms with van der Waals surface area (Å²) in [6.07, 6.45) is 1.39. The molecule has 3 nitrogen and oxygen atoms in total. The molecule has 2 unspecified atom stereocenters. The van der Waals surface area contributed by atoms with Crippen LogP contribution in [0.5, 0.6) is 5.75 Å². The Hall–Kier alpha value is -1.35. The third kappa shape index (κ3) is 3.16. The Balaban J connectivity index is 3.29. The van der Waals surface area contributed by atoms with Crippen molar-refractivity contribution in [3.05, 3.63) is 28.3 Å². The standard InChI is InChI=1S/C16H24O3/c1-10(7-8-17)16(19-6)14-9-11(2)15(18-5)13(4)12(14)3/h8-10,16H,7H2,1-6H3. The van der Waals surface area contributed by atoms with Gasteiger partial charge in [0.25, 0.3) is 0 Å². The lowest BCUT2D eigenvalue weighted by Crippen LogP contribution is -2.15. The van der Waals surface area contributed by atoms with E-state index in [1.807, 2.05) is 13.8 Å². The van der Waals surface area contributed by atoms with Gasteiger partial charge in [0.1, 0.15) is 12.0 Å². The number of rotatable bonds is 6. The van der Waals surface area contributed by atoms with Gasteiger partial charge in [-0.2, -0.15) is 0 Å². The zero-order chi connectivity index (χ0) is 14.6. The molecule has 2 atom stereocenters. The van der Waals surface area contributed by atoms with Gasteiger partial charge < -0.3 is 14.3 Å². The number of methoxy groups -OCH3 is 2. The summed E-state index contributed by atoms with van der Waals surface area (Å²) in [5.74, 6) is 1.09. The summed E-state index contributed by atoms with van der Waals surface area (Å²) >= 11 is 0. The molecule has 0 aliphatic rings. The van der Waals surface area contributed by atoms with Crippen molar-refractivity contribution < 1.29 is 14.3 Å². The van der Waals surface area contributed by atoms with E-state index in [-0.39, 0.29) is 12.0 Å². The van der Waals surface area contributed by atoms with Crippen LogP contribution in [-0.2, 0) is 9.53 Å². The number of benzene rings is 1. The van der Waals surface area contributed by atoms with Crippen LogP contribution in [0.25, 0.3) is 0 Å². The average Bonchev–Trinajstić information content (AvgIpc) is 2.37. The van der Waals surface area contributed by atoms with Gasteiger partial charge in [-0.15, -0.1) is 0 Å². The van der Waals surface area contributed by atoms with Gasteiger partial charge in [0.05, 0.1) is 13.2 Å². The molecular formula is C16H24O3. The van der Waals surface area contributed by atoms with Gasteiger partial charge in [0, 0.05) is 13.5 Å². The number of aldehydes is 1. The van der Waals surface area contributed by atoms with E-state index in [1.165, 1.54) is 5.56 Å². The summed E-state index contributed by atoms with van der Waals surface area (Å²) in [6.45, 7) is 8.21. The first kappa shape index (κ1) is 15.7. The van der Waals surface area contributed by atoms with Gasteiger partial charge in [-0.3, -0.25) is 0 Å². The lowest BCUT2D eigenvalue weighted by Gasteiger charge is -2.25. The zero-order valence-corrected chi connectivity index (χ0v) is 12.7. The first-order valence-corrected chi connectivity index (χ1v) is 6.59. The molecule has 0 saturated carbocycles. The Morgan fingerprint density at radius 2 is 1.84 bits per heavy atom. The molecule has 3 heteroatoms. The lowest BCUT2D eigenvalue weighted by molar-refractivity contribution is -0.109. The first-order valence-electron chi connectivity index (χ1n) is 6.59. The van der Waals surface area contributed by atoms with Crippen LogP contribution in [0.3, 0.4) is 0 Å². The van der Waals surface area contributed by atoms with Crippen molar-refractivity contribution in [2.24, 2.45) is 5.92 Å². The van der Waals surface area contributed by atoms with Crippen molar-refractivity contribution in [2.75, 3.05) is 14.2 Å². The molecular weight excluding hydrogens is 240 g/mol. The molecule has 0 fully saturated rings. The van der Waals surface area contributed by atoms with Gasteiger partial charge in [-0.25, -0.2) is 0 Å². The van der Waals surface area contributed by atoms with Crippen LogP contribution in [-0.4, -0.2) is 20.5 Å². The number of hydrogen-bond acceptors (Lipinski definition) is 3. The fourth-order valence-electron chi connectivity index (χ4n) is 2.64. The van der Waals surface area contributed by atoms with E-state index in [9.17, 15) is 4.79 Å². The van der Waals surface area contributed by atoms with Crippen molar-refractivity contribution in [3.8, 4) is 5.75 Å². The second-order valence-electron chi connectivity index (χ2n) is 5.10.